The number of hydrogen-bond donors (Lipinski definition) is 1. The smallest absolute Gasteiger partial charge is 0.126 e. The van der Waals surface area contributed by atoms with E-state index in [4.69, 9.17) is 0 Å². The largest absolute Gasteiger partial charge is 0.370 e. The average Bonchev–Trinajstić information content (AvgIpc) is 3.12. The molecule has 0 spiro atoms. The fraction of sp³-hybridized carbons (Fsp3) is 0.529. The minimum absolute atomic E-state index is 0.717. The van der Waals surface area contributed by atoms with Gasteiger partial charge in [0, 0.05) is 50.7 Å². The summed E-state index contributed by atoms with van der Waals surface area (Å²) in [6.45, 7) is 6.54. The number of rotatable bonds is 6. The van der Waals surface area contributed by atoms with E-state index < -0.39 is 0 Å². The summed E-state index contributed by atoms with van der Waals surface area (Å²) >= 11 is 0. The number of nitrogens with zero attached hydrogens (tertiary/aromatic N) is 4. The van der Waals surface area contributed by atoms with Gasteiger partial charge in [-0.2, -0.15) is 5.10 Å². The molecule has 1 aliphatic heterocycles. The highest BCUT2D eigenvalue weighted by atomic mass is 15.3. The van der Waals surface area contributed by atoms with Crippen LogP contribution < -0.4 is 5.32 Å². The van der Waals surface area contributed by atoms with Crippen molar-refractivity contribution in [3.8, 4) is 0 Å². The highest BCUT2D eigenvalue weighted by Crippen LogP contribution is 2.17. The maximum Gasteiger partial charge on any atom is 0.126 e. The first-order valence-electron chi connectivity index (χ1n) is 8.07. The van der Waals surface area contributed by atoms with Gasteiger partial charge in [-0.25, -0.2) is 4.98 Å². The molecule has 0 aromatic carbocycles. The first kappa shape index (κ1) is 15.0. The summed E-state index contributed by atoms with van der Waals surface area (Å²) in [5.74, 6) is 1.71. The third kappa shape index (κ3) is 3.85. The van der Waals surface area contributed by atoms with E-state index in [1.807, 2.05) is 37.0 Å². The lowest BCUT2D eigenvalue weighted by Gasteiger charge is -2.16. The molecule has 2 aromatic rings. The van der Waals surface area contributed by atoms with Crippen LogP contribution in [0.1, 0.15) is 17.8 Å². The van der Waals surface area contributed by atoms with Gasteiger partial charge in [-0.05, 0) is 44.0 Å². The van der Waals surface area contributed by atoms with Crippen LogP contribution in [0.4, 0.5) is 5.82 Å². The van der Waals surface area contributed by atoms with Crippen LogP contribution in [0.5, 0.6) is 0 Å². The van der Waals surface area contributed by atoms with Gasteiger partial charge in [0.25, 0.3) is 0 Å². The Morgan fingerprint density at radius 3 is 3.00 bits per heavy atom. The fourth-order valence-corrected chi connectivity index (χ4v) is 3.09. The van der Waals surface area contributed by atoms with Crippen LogP contribution in [0.25, 0.3) is 0 Å². The molecule has 2 aromatic heterocycles. The Hall–Kier alpha value is -1.88. The summed E-state index contributed by atoms with van der Waals surface area (Å²) < 4.78 is 1.97. The number of aromatic nitrogens is 3. The van der Waals surface area contributed by atoms with Crippen molar-refractivity contribution in [2.24, 2.45) is 13.0 Å². The summed E-state index contributed by atoms with van der Waals surface area (Å²) in [5, 5.41) is 7.70. The van der Waals surface area contributed by atoms with Gasteiger partial charge < -0.3 is 10.2 Å². The van der Waals surface area contributed by atoms with Crippen LogP contribution in [-0.4, -0.2) is 45.8 Å². The molecule has 1 N–H and O–H groups in total. The van der Waals surface area contributed by atoms with Crippen molar-refractivity contribution in [3.63, 3.8) is 0 Å². The second-order valence-corrected chi connectivity index (χ2v) is 6.20. The van der Waals surface area contributed by atoms with Gasteiger partial charge in [0.15, 0.2) is 0 Å². The Bertz CT molecular complexity index is 607. The van der Waals surface area contributed by atoms with Gasteiger partial charge in [0.2, 0.25) is 0 Å². The highest BCUT2D eigenvalue weighted by Gasteiger charge is 2.22. The molecule has 5 nitrogen and oxygen atoms in total. The van der Waals surface area contributed by atoms with Crippen LogP contribution in [0.2, 0.25) is 0 Å². The SMILES string of the molecule is Cc1cccc(NCC2CCN(CCc3ccnn3C)C2)n1. The van der Waals surface area contributed by atoms with E-state index in [1.54, 1.807) is 0 Å². The van der Waals surface area contributed by atoms with Gasteiger partial charge in [-0.1, -0.05) is 6.07 Å². The van der Waals surface area contributed by atoms with Gasteiger partial charge in [-0.15, -0.1) is 0 Å². The van der Waals surface area contributed by atoms with E-state index in [1.165, 1.54) is 25.2 Å². The van der Waals surface area contributed by atoms with Crippen LogP contribution in [0.3, 0.4) is 0 Å². The zero-order valence-corrected chi connectivity index (χ0v) is 13.5. The van der Waals surface area contributed by atoms with E-state index in [2.05, 4.69) is 32.4 Å². The summed E-state index contributed by atoms with van der Waals surface area (Å²) in [4.78, 5) is 7.06. The number of aryl methyl sites for hydroxylation is 2. The van der Waals surface area contributed by atoms with Crippen molar-refractivity contribution in [3.05, 3.63) is 41.9 Å². The van der Waals surface area contributed by atoms with E-state index in [0.717, 1.165) is 31.0 Å². The van der Waals surface area contributed by atoms with Gasteiger partial charge in [0.1, 0.15) is 5.82 Å². The lowest BCUT2D eigenvalue weighted by molar-refractivity contribution is 0.328. The first-order chi connectivity index (χ1) is 10.7. The lowest BCUT2D eigenvalue weighted by Crippen LogP contribution is -2.25. The van der Waals surface area contributed by atoms with Crippen molar-refractivity contribution in [1.82, 2.24) is 19.7 Å². The summed E-state index contributed by atoms with van der Waals surface area (Å²) in [6.07, 6.45) is 4.22. The van der Waals surface area contributed by atoms with E-state index in [9.17, 15) is 0 Å². The molecule has 0 radical (unpaired) electrons. The Kier molecular flexibility index (Phi) is 4.73. The topological polar surface area (TPSA) is 46.0 Å². The van der Waals surface area contributed by atoms with Crippen LogP contribution in [0, 0.1) is 12.8 Å². The van der Waals surface area contributed by atoms with E-state index in [0.29, 0.717) is 5.92 Å². The van der Waals surface area contributed by atoms with Gasteiger partial charge in [-0.3, -0.25) is 4.68 Å². The predicted molar refractivity (Wildman–Crippen MR) is 88.9 cm³/mol. The number of anilines is 1. The molecule has 5 heteroatoms. The zero-order chi connectivity index (χ0) is 15.4. The zero-order valence-electron chi connectivity index (χ0n) is 13.5. The number of nitrogens with one attached hydrogen (secondary N) is 1. The molecule has 1 unspecified atom stereocenters. The lowest BCUT2D eigenvalue weighted by atomic mass is 10.1. The standard InChI is InChI=1S/C17H25N5/c1-14-4-3-5-17(20-14)18-12-15-7-10-22(13-15)11-8-16-6-9-19-21(16)2/h3-6,9,15H,7-8,10-13H2,1-2H3,(H,18,20). The molecule has 0 bridgehead atoms. The molecular weight excluding hydrogens is 274 g/mol. The van der Waals surface area contributed by atoms with Crippen molar-refractivity contribution < 1.29 is 0 Å². The molecule has 0 amide bonds. The van der Waals surface area contributed by atoms with Crippen LogP contribution in [-0.2, 0) is 13.5 Å². The normalized spacial score (nSPS) is 18.7. The second kappa shape index (κ2) is 6.92. The molecule has 0 saturated carbocycles. The van der Waals surface area contributed by atoms with E-state index in [-0.39, 0.29) is 0 Å². The molecule has 3 rings (SSSR count). The van der Waals surface area contributed by atoms with E-state index >= 15 is 0 Å². The monoisotopic (exact) mass is 299 g/mol. The van der Waals surface area contributed by atoms with Crippen molar-refractivity contribution in [2.45, 2.75) is 19.8 Å². The van der Waals surface area contributed by atoms with Crippen molar-refractivity contribution >= 4 is 5.82 Å². The molecular formula is C17H25N5. The summed E-state index contributed by atoms with van der Waals surface area (Å²) in [6, 6.07) is 8.24. The Morgan fingerprint density at radius 2 is 2.23 bits per heavy atom. The van der Waals surface area contributed by atoms with Crippen LogP contribution >= 0.6 is 0 Å². The van der Waals surface area contributed by atoms with Gasteiger partial charge >= 0.3 is 0 Å². The predicted octanol–water partition coefficient (Wildman–Crippen LogP) is 2.10. The Morgan fingerprint density at radius 1 is 1.32 bits per heavy atom. The quantitative estimate of drug-likeness (QED) is 0.887. The molecule has 118 valence electrons. The minimum Gasteiger partial charge on any atom is -0.370 e. The second-order valence-electron chi connectivity index (χ2n) is 6.20. The minimum atomic E-state index is 0.717. The Balaban J connectivity index is 1.41. The van der Waals surface area contributed by atoms with Crippen molar-refractivity contribution in [1.29, 1.82) is 0 Å². The fourth-order valence-electron chi connectivity index (χ4n) is 3.09. The maximum atomic E-state index is 4.50. The summed E-state index contributed by atoms with van der Waals surface area (Å²) in [5.41, 5.74) is 2.37. The molecule has 1 aliphatic rings. The first-order valence-corrected chi connectivity index (χ1v) is 8.07. The highest BCUT2D eigenvalue weighted by molar-refractivity contribution is 5.35. The average molecular weight is 299 g/mol. The maximum absolute atomic E-state index is 4.50. The number of pyridine rings is 1. The van der Waals surface area contributed by atoms with Gasteiger partial charge in [0.05, 0.1) is 0 Å². The number of hydrogen-bond acceptors (Lipinski definition) is 4. The molecule has 3 heterocycles. The molecule has 0 aliphatic carbocycles. The molecule has 1 atom stereocenters. The molecule has 1 saturated heterocycles. The third-order valence-corrected chi connectivity index (χ3v) is 4.44. The molecule has 1 fully saturated rings. The van der Waals surface area contributed by atoms with Crippen molar-refractivity contribution in [2.75, 3.05) is 31.5 Å². The van der Waals surface area contributed by atoms with Crippen LogP contribution in [0.15, 0.2) is 30.5 Å². The summed E-state index contributed by atoms with van der Waals surface area (Å²) in [7, 11) is 2.01. The third-order valence-electron chi connectivity index (χ3n) is 4.44. The molecule has 22 heavy (non-hydrogen) atoms. The number of likely N-dealkylation sites (tertiary alicyclic amines) is 1. The Labute approximate surface area is 132 Å².